The van der Waals surface area contributed by atoms with Crippen LogP contribution in [0.1, 0.15) is 13.8 Å². The summed E-state index contributed by atoms with van der Waals surface area (Å²) in [6.07, 6.45) is 0. The maximum Gasteiger partial charge on any atom is 0.325 e. The molecule has 0 aromatic heterocycles. The molecule has 0 aliphatic carbocycles. The molecule has 1 aliphatic rings. The number of rotatable bonds is 5. The molecule has 0 bridgehead atoms. The maximum atomic E-state index is 12.8. The molecule has 1 aliphatic heterocycles. The summed E-state index contributed by atoms with van der Waals surface area (Å²) in [5.41, 5.74) is -0.668. The Hall–Kier alpha value is -2.97. The van der Waals surface area contributed by atoms with E-state index in [1.807, 2.05) is 0 Å². The van der Waals surface area contributed by atoms with Gasteiger partial charge < -0.3 is 15.5 Å². The monoisotopic (exact) mass is 350 g/mol. The number of imide groups is 1. The van der Waals surface area contributed by atoms with E-state index >= 15 is 0 Å². The highest BCUT2D eigenvalue weighted by Crippen LogP contribution is 2.16. The van der Waals surface area contributed by atoms with Crippen LogP contribution in [-0.2, 0) is 14.4 Å². The molecule has 1 aromatic rings. The number of nitrogens with one attached hydrogen (secondary N) is 2. The zero-order valence-corrected chi connectivity index (χ0v) is 14.1. The molecule has 2 rings (SSSR count). The molecule has 0 spiro atoms. The molecule has 0 atom stereocenters. The fourth-order valence-corrected chi connectivity index (χ4v) is 2.25. The van der Waals surface area contributed by atoms with Gasteiger partial charge in [-0.3, -0.25) is 19.3 Å². The van der Waals surface area contributed by atoms with Crippen LogP contribution in [0.25, 0.3) is 0 Å². The normalized spacial score (nSPS) is 15.8. The minimum atomic E-state index is -1.06. The van der Waals surface area contributed by atoms with E-state index in [0.717, 1.165) is 9.80 Å². The molecule has 0 saturated carbocycles. The second-order valence-corrected chi connectivity index (χ2v) is 6.25. The van der Waals surface area contributed by atoms with Crippen LogP contribution in [0.3, 0.4) is 0 Å². The van der Waals surface area contributed by atoms with E-state index in [9.17, 15) is 23.6 Å². The molecule has 8 nitrogen and oxygen atoms in total. The fraction of sp³-hybridized carbons (Fsp3) is 0.375. The van der Waals surface area contributed by atoms with Gasteiger partial charge in [0.15, 0.2) is 0 Å². The number of anilines is 1. The second kappa shape index (κ2) is 6.88. The third-order valence-corrected chi connectivity index (χ3v) is 3.67. The van der Waals surface area contributed by atoms with Crippen LogP contribution >= 0.6 is 0 Å². The van der Waals surface area contributed by atoms with Gasteiger partial charge in [0.1, 0.15) is 17.9 Å². The van der Waals surface area contributed by atoms with Crippen molar-refractivity contribution in [1.82, 2.24) is 15.1 Å². The standard InChI is InChI=1S/C16H19FN4O4/c1-16(2)14(24)21(15(25)19-16)9-13(23)20(3)8-12(22)18-11-6-4-10(17)5-7-11/h4-7H,8-9H2,1-3H3,(H,18,22)(H,19,25). The van der Waals surface area contributed by atoms with Gasteiger partial charge in [-0.2, -0.15) is 0 Å². The molecule has 134 valence electrons. The SMILES string of the molecule is CN(CC(=O)Nc1ccc(F)cc1)C(=O)CN1C(=O)NC(C)(C)C1=O. The van der Waals surface area contributed by atoms with Gasteiger partial charge in [0.2, 0.25) is 11.8 Å². The first-order valence-electron chi connectivity index (χ1n) is 7.53. The van der Waals surface area contributed by atoms with Gasteiger partial charge in [-0.25, -0.2) is 9.18 Å². The van der Waals surface area contributed by atoms with Crippen LogP contribution in [0.4, 0.5) is 14.9 Å². The smallest absolute Gasteiger partial charge is 0.325 e. The molecule has 0 unspecified atom stereocenters. The van der Waals surface area contributed by atoms with Crippen molar-refractivity contribution < 1.29 is 23.6 Å². The lowest BCUT2D eigenvalue weighted by molar-refractivity contribution is -0.138. The number of halogens is 1. The molecule has 1 heterocycles. The Morgan fingerprint density at radius 2 is 1.84 bits per heavy atom. The second-order valence-electron chi connectivity index (χ2n) is 6.25. The molecule has 5 amide bonds. The van der Waals surface area contributed by atoms with Crippen molar-refractivity contribution in [2.24, 2.45) is 0 Å². The van der Waals surface area contributed by atoms with Gasteiger partial charge in [0.25, 0.3) is 5.91 Å². The Morgan fingerprint density at radius 3 is 2.36 bits per heavy atom. The minimum Gasteiger partial charge on any atom is -0.335 e. The molecule has 2 N–H and O–H groups in total. The fourth-order valence-electron chi connectivity index (χ4n) is 2.25. The lowest BCUT2D eigenvalue weighted by Crippen LogP contribution is -2.45. The van der Waals surface area contributed by atoms with Crippen molar-refractivity contribution in [3.05, 3.63) is 30.1 Å². The average Bonchev–Trinajstić information content (AvgIpc) is 2.71. The van der Waals surface area contributed by atoms with Crippen molar-refractivity contribution in [1.29, 1.82) is 0 Å². The first-order valence-corrected chi connectivity index (χ1v) is 7.53. The largest absolute Gasteiger partial charge is 0.335 e. The van der Waals surface area contributed by atoms with Crippen molar-refractivity contribution in [3.63, 3.8) is 0 Å². The average molecular weight is 350 g/mol. The Morgan fingerprint density at radius 1 is 1.24 bits per heavy atom. The molecule has 1 aromatic carbocycles. The highest BCUT2D eigenvalue weighted by atomic mass is 19.1. The summed E-state index contributed by atoms with van der Waals surface area (Å²) in [7, 11) is 1.39. The van der Waals surface area contributed by atoms with Crippen LogP contribution < -0.4 is 10.6 Å². The molecular formula is C16H19FN4O4. The van der Waals surface area contributed by atoms with Crippen molar-refractivity contribution >= 4 is 29.4 Å². The Bertz CT molecular complexity index is 717. The van der Waals surface area contributed by atoms with Crippen LogP contribution in [0.2, 0.25) is 0 Å². The summed E-state index contributed by atoms with van der Waals surface area (Å²) in [6.45, 7) is 2.35. The Labute approximate surface area is 144 Å². The summed E-state index contributed by atoms with van der Waals surface area (Å²) in [4.78, 5) is 49.8. The van der Waals surface area contributed by atoms with E-state index in [4.69, 9.17) is 0 Å². The van der Waals surface area contributed by atoms with Gasteiger partial charge in [-0.1, -0.05) is 0 Å². The van der Waals surface area contributed by atoms with E-state index in [1.54, 1.807) is 0 Å². The quantitative estimate of drug-likeness (QED) is 0.758. The number of nitrogens with zero attached hydrogens (tertiary/aromatic N) is 2. The topological polar surface area (TPSA) is 98.8 Å². The summed E-state index contributed by atoms with van der Waals surface area (Å²) in [5, 5.41) is 4.99. The molecular weight excluding hydrogens is 331 g/mol. The van der Waals surface area contributed by atoms with E-state index in [2.05, 4.69) is 10.6 Å². The predicted octanol–water partition coefficient (Wildman–Crippen LogP) is 0.553. The van der Waals surface area contributed by atoms with Crippen molar-refractivity contribution in [2.45, 2.75) is 19.4 Å². The lowest BCUT2D eigenvalue weighted by Gasteiger charge is -2.20. The summed E-state index contributed by atoms with van der Waals surface area (Å²) < 4.78 is 12.8. The third-order valence-electron chi connectivity index (χ3n) is 3.67. The Kier molecular flexibility index (Phi) is 5.05. The number of amides is 5. The number of benzene rings is 1. The predicted molar refractivity (Wildman–Crippen MR) is 87.0 cm³/mol. The van der Waals surface area contributed by atoms with Gasteiger partial charge in [-0.15, -0.1) is 0 Å². The van der Waals surface area contributed by atoms with Crippen LogP contribution in [0, 0.1) is 5.82 Å². The summed E-state index contributed by atoms with van der Waals surface area (Å²) in [6, 6.07) is 4.54. The maximum absolute atomic E-state index is 12.8. The Balaban J connectivity index is 1.89. The first kappa shape index (κ1) is 18.4. The van der Waals surface area contributed by atoms with Crippen LogP contribution in [-0.4, -0.2) is 59.2 Å². The van der Waals surface area contributed by atoms with Crippen molar-refractivity contribution in [3.8, 4) is 0 Å². The third kappa shape index (κ3) is 4.31. The van der Waals surface area contributed by atoms with Gasteiger partial charge in [0.05, 0.1) is 6.54 Å². The first-order chi connectivity index (χ1) is 11.6. The minimum absolute atomic E-state index is 0.275. The number of likely N-dealkylation sites (N-methyl/N-ethyl adjacent to an activating group) is 1. The van der Waals surface area contributed by atoms with Crippen molar-refractivity contribution in [2.75, 3.05) is 25.5 Å². The molecule has 25 heavy (non-hydrogen) atoms. The van der Waals surface area contributed by atoms with E-state index in [-0.39, 0.29) is 6.54 Å². The van der Waals surface area contributed by atoms with E-state index < -0.39 is 41.7 Å². The lowest BCUT2D eigenvalue weighted by atomic mass is 10.1. The molecule has 1 saturated heterocycles. The number of carbonyl (C=O) groups is 4. The highest BCUT2D eigenvalue weighted by Gasteiger charge is 2.45. The summed E-state index contributed by atoms with van der Waals surface area (Å²) in [5.74, 6) is -1.98. The molecule has 9 heteroatoms. The zero-order valence-electron chi connectivity index (χ0n) is 14.1. The van der Waals surface area contributed by atoms with Gasteiger partial charge >= 0.3 is 6.03 Å². The molecule has 0 radical (unpaired) electrons. The highest BCUT2D eigenvalue weighted by molar-refractivity contribution is 6.08. The zero-order chi connectivity index (χ0) is 18.8. The van der Waals surface area contributed by atoms with E-state index in [0.29, 0.717) is 5.69 Å². The number of hydrogen-bond donors (Lipinski definition) is 2. The molecule has 1 fully saturated rings. The van der Waals surface area contributed by atoms with Crippen LogP contribution in [0.15, 0.2) is 24.3 Å². The number of hydrogen-bond acceptors (Lipinski definition) is 4. The van der Waals surface area contributed by atoms with Crippen LogP contribution in [0.5, 0.6) is 0 Å². The van der Waals surface area contributed by atoms with E-state index in [1.165, 1.54) is 45.2 Å². The number of urea groups is 1. The number of carbonyl (C=O) groups excluding carboxylic acids is 4. The van der Waals surface area contributed by atoms with Gasteiger partial charge in [-0.05, 0) is 38.1 Å². The summed E-state index contributed by atoms with van der Waals surface area (Å²) >= 11 is 0. The van der Waals surface area contributed by atoms with Gasteiger partial charge in [0, 0.05) is 12.7 Å².